The van der Waals surface area contributed by atoms with E-state index in [1.807, 2.05) is 13.8 Å². The maximum Gasteiger partial charge on any atom is 0.316 e. The third-order valence-corrected chi connectivity index (χ3v) is 5.33. The normalized spacial score (nSPS) is 13.0. The minimum atomic E-state index is -3.50. The van der Waals surface area contributed by atoms with Crippen LogP contribution in [-0.4, -0.2) is 48.9 Å². The molecule has 0 spiro atoms. The zero-order chi connectivity index (χ0) is 17.9. The number of aromatic nitrogens is 2. The fourth-order valence-corrected chi connectivity index (χ4v) is 2.71. The average molecular weight is 352 g/mol. The lowest BCUT2D eigenvalue weighted by Crippen LogP contribution is -2.32. The van der Waals surface area contributed by atoms with E-state index in [4.69, 9.17) is 4.52 Å². The highest BCUT2D eigenvalue weighted by Gasteiger charge is 2.19. The summed E-state index contributed by atoms with van der Waals surface area (Å²) >= 11 is 0. The van der Waals surface area contributed by atoms with Crippen molar-refractivity contribution in [2.24, 2.45) is 0 Å². The van der Waals surface area contributed by atoms with Gasteiger partial charge in [-0.2, -0.15) is 4.98 Å². The fraction of sp³-hybridized carbons (Fsp3) is 0.400. The standard InChI is InChI=1S/C15H20N4O4S/c1-5-10(2)16-14(20)15-17-13(18-23-15)11-6-8-12(9-7-11)24(21,22)19(3)4/h6-10H,5H2,1-4H3,(H,16,20). The van der Waals surface area contributed by atoms with Gasteiger partial charge in [0.15, 0.2) is 0 Å². The van der Waals surface area contributed by atoms with E-state index in [1.54, 1.807) is 12.1 Å². The smallest absolute Gasteiger partial charge is 0.316 e. The van der Waals surface area contributed by atoms with Crippen LogP contribution in [-0.2, 0) is 10.0 Å². The molecule has 1 unspecified atom stereocenters. The monoisotopic (exact) mass is 352 g/mol. The first kappa shape index (κ1) is 18.1. The Morgan fingerprint density at radius 1 is 1.29 bits per heavy atom. The Morgan fingerprint density at radius 2 is 1.92 bits per heavy atom. The second-order valence-corrected chi connectivity index (χ2v) is 7.67. The number of sulfonamides is 1. The van der Waals surface area contributed by atoms with Crippen molar-refractivity contribution < 1.29 is 17.7 Å². The number of amides is 1. The van der Waals surface area contributed by atoms with Crippen LogP contribution in [0.15, 0.2) is 33.7 Å². The highest BCUT2D eigenvalue weighted by Crippen LogP contribution is 2.20. The molecule has 0 aliphatic heterocycles. The third kappa shape index (κ3) is 3.80. The maximum atomic E-state index is 12.0. The van der Waals surface area contributed by atoms with Crippen LogP contribution in [0.25, 0.3) is 11.4 Å². The molecule has 130 valence electrons. The molecule has 8 nitrogen and oxygen atoms in total. The number of nitrogens with zero attached hydrogens (tertiary/aromatic N) is 3. The van der Waals surface area contributed by atoms with Gasteiger partial charge in [-0.3, -0.25) is 4.79 Å². The summed E-state index contributed by atoms with van der Waals surface area (Å²) in [6.45, 7) is 3.83. The Labute approximate surface area is 140 Å². The van der Waals surface area contributed by atoms with Gasteiger partial charge in [0.1, 0.15) is 0 Å². The van der Waals surface area contributed by atoms with Crippen LogP contribution >= 0.6 is 0 Å². The third-order valence-electron chi connectivity index (χ3n) is 3.50. The van der Waals surface area contributed by atoms with Crippen LogP contribution in [0.5, 0.6) is 0 Å². The summed E-state index contributed by atoms with van der Waals surface area (Å²) in [6.07, 6.45) is 0.786. The van der Waals surface area contributed by atoms with Gasteiger partial charge in [-0.1, -0.05) is 12.1 Å². The van der Waals surface area contributed by atoms with Crippen LogP contribution in [0.4, 0.5) is 0 Å². The predicted octanol–water partition coefficient (Wildman–Crippen LogP) is 1.52. The van der Waals surface area contributed by atoms with Crippen molar-refractivity contribution in [2.45, 2.75) is 31.2 Å². The van der Waals surface area contributed by atoms with Crippen molar-refractivity contribution in [3.8, 4) is 11.4 Å². The van der Waals surface area contributed by atoms with Gasteiger partial charge in [0, 0.05) is 25.7 Å². The van der Waals surface area contributed by atoms with Gasteiger partial charge >= 0.3 is 11.8 Å². The molecule has 0 aliphatic carbocycles. The van der Waals surface area contributed by atoms with Crippen molar-refractivity contribution >= 4 is 15.9 Å². The lowest BCUT2D eigenvalue weighted by molar-refractivity contribution is 0.0895. The van der Waals surface area contributed by atoms with E-state index in [2.05, 4.69) is 15.5 Å². The summed E-state index contributed by atoms with van der Waals surface area (Å²) in [5.41, 5.74) is 0.555. The molecule has 0 saturated heterocycles. The molecule has 1 aromatic heterocycles. The number of benzene rings is 1. The van der Waals surface area contributed by atoms with Crippen LogP contribution in [0.2, 0.25) is 0 Å². The molecule has 0 radical (unpaired) electrons. The summed E-state index contributed by atoms with van der Waals surface area (Å²) < 4.78 is 30.2. The summed E-state index contributed by atoms with van der Waals surface area (Å²) in [4.78, 5) is 16.1. The maximum absolute atomic E-state index is 12.0. The molecule has 0 bridgehead atoms. The summed E-state index contributed by atoms with van der Waals surface area (Å²) in [5.74, 6) is -0.344. The number of hydrogen-bond donors (Lipinski definition) is 1. The van der Waals surface area contributed by atoms with E-state index in [0.29, 0.717) is 5.56 Å². The first-order valence-corrected chi connectivity index (χ1v) is 8.87. The van der Waals surface area contributed by atoms with Crippen molar-refractivity contribution in [2.75, 3.05) is 14.1 Å². The Hall–Kier alpha value is -2.26. The Morgan fingerprint density at radius 3 is 2.46 bits per heavy atom. The van der Waals surface area contributed by atoms with Crippen molar-refractivity contribution in [1.82, 2.24) is 19.8 Å². The largest absolute Gasteiger partial charge is 0.345 e. The zero-order valence-electron chi connectivity index (χ0n) is 14.0. The first-order chi connectivity index (χ1) is 11.3. The van der Waals surface area contributed by atoms with Crippen molar-refractivity contribution in [3.05, 3.63) is 30.2 Å². The average Bonchev–Trinajstić information content (AvgIpc) is 3.04. The zero-order valence-corrected chi connectivity index (χ0v) is 14.8. The van der Waals surface area contributed by atoms with E-state index in [9.17, 15) is 13.2 Å². The van der Waals surface area contributed by atoms with Crippen LogP contribution in [0.1, 0.15) is 31.0 Å². The van der Waals surface area contributed by atoms with E-state index in [1.165, 1.54) is 26.2 Å². The van der Waals surface area contributed by atoms with Crippen molar-refractivity contribution in [3.63, 3.8) is 0 Å². The van der Waals surface area contributed by atoms with Crippen LogP contribution in [0.3, 0.4) is 0 Å². The molecule has 0 aliphatic rings. The van der Waals surface area contributed by atoms with Gasteiger partial charge in [0.25, 0.3) is 0 Å². The lowest BCUT2D eigenvalue weighted by Gasteiger charge is -2.11. The topological polar surface area (TPSA) is 105 Å². The second kappa shape index (κ2) is 7.10. The molecule has 1 heterocycles. The number of carbonyl (C=O) groups excluding carboxylic acids is 1. The van der Waals surface area contributed by atoms with E-state index < -0.39 is 15.9 Å². The van der Waals surface area contributed by atoms with Gasteiger partial charge in [-0.15, -0.1) is 0 Å². The second-order valence-electron chi connectivity index (χ2n) is 5.52. The molecule has 0 fully saturated rings. The number of hydrogen-bond acceptors (Lipinski definition) is 6. The number of rotatable bonds is 6. The van der Waals surface area contributed by atoms with Gasteiger partial charge in [0.05, 0.1) is 4.90 Å². The predicted molar refractivity (Wildman–Crippen MR) is 87.8 cm³/mol. The minimum Gasteiger partial charge on any atom is -0.345 e. The number of carbonyl (C=O) groups is 1. The fourth-order valence-electron chi connectivity index (χ4n) is 1.81. The molecular formula is C15H20N4O4S. The molecule has 1 amide bonds. The van der Waals surface area contributed by atoms with Crippen molar-refractivity contribution in [1.29, 1.82) is 0 Å². The highest BCUT2D eigenvalue weighted by atomic mass is 32.2. The molecule has 1 N–H and O–H groups in total. The van der Waals surface area contributed by atoms with Crippen LogP contribution in [0, 0.1) is 0 Å². The van der Waals surface area contributed by atoms with Crippen LogP contribution < -0.4 is 5.32 Å². The lowest BCUT2D eigenvalue weighted by atomic mass is 10.2. The molecule has 1 atom stereocenters. The van der Waals surface area contributed by atoms with Gasteiger partial charge in [-0.05, 0) is 37.6 Å². The van der Waals surface area contributed by atoms with E-state index >= 15 is 0 Å². The first-order valence-electron chi connectivity index (χ1n) is 7.43. The molecule has 0 saturated carbocycles. The quantitative estimate of drug-likeness (QED) is 0.845. The number of nitrogens with one attached hydrogen (secondary N) is 1. The van der Waals surface area contributed by atoms with Gasteiger partial charge < -0.3 is 9.84 Å². The summed E-state index contributed by atoms with van der Waals surface area (Å²) in [5, 5.41) is 6.49. The highest BCUT2D eigenvalue weighted by molar-refractivity contribution is 7.89. The molecule has 9 heteroatoms. The molecule has 24 heavy (non-hydrogen) atoms. The SMILES string of the molecule is CCC(C)NC(=O)c1nc(-c2ccc(S(=O)(=O)N(C)C)cc2)no1. The molecule has 1 aromatic carbocycles. The summed E-state index contributed by atoms with van der Waals surface area (Å²) in [6, 6.07) is 6.05. The van der Waals surface area contributed by atoms with E-state index in [-0.39, 0.29) is 22.7 Å². The van der Waals surface area contributed by atoms with Gasteiger partial charge in [0.2, 0.25) is 15.8 Å². The minimum absolute atomic E-state index is 0.00312. The molecule has 2 rings (SSSR count). The molecule has 2 aromatic rings. The Bertz CT molecular complexity index is 812. The Balaban J connectivity index is 2.20. The Kier molecular flexibility index (Phi) is 5.35. The van der Waals surface area contributed by atoms with E-state index in [0.717, 1.165) is 10.7 Å². The summed E-state index contributed by atoms with van der Waals surface area (Å²) in [7, 11) is -0.570. The molecular weight excluding hydrogens is 332 g/mol. The van der Waals surface area contributed by atoms with Gasteiger partial charge in [-0.25, -0.2) is 12.7 Å².